The highest BCUT2D eigenvalue weighted by molar-refractivity contribution is 5.98. The van der Waals surface area contributed by atoms with Crippen molar-refractivity contribution in [2.75, 3.05) is 31.1 Å². The highest BCUT2D eigenvalue weighted by Crippen LogP contribution is 2.33. The van der Waals surface area contributed by atoms with Gasteiger partial charge in [0.15, 0.2) is 6.10 Å². The Morgan fingerprint density at radius 1 is 1.35 bits per heavy atom. The number of amides is 2. The average molecular weight is 319 g/mol. The predicted molar refractivity (Wildman–Crippen MR) is 89.4 cm³/mol. The van der Waals surface area contributed by atoms with Crippen LogP contribution < -0.4 is 15.4 Å². The second kappa shape index (κ2) is 7.97. The van der Waals surface area contributed by atoms with Gasteiger partial charge < -0.3 is 15.4 Å². The summed E-state index contributed by atoms with van der Waals surface area (Å²) in [6.07, 6.45) is 1.35. The third-order valence-electron chi connectivity index (χ3n) is 4.03. The van der Waals surface area contributed by atoms with Gasteiger partial charge in [-0.25, -0.2) is 0 Å². The molecule has 1 heterocycles. The first-order valence-corrected chi connectivity index (χ1v) is 8.14. The van der Waals surface area contributed by atoms with Gasteiger partial charge in [0.25, 0.3) is 5.91 Å². The van der Waals surface area contributed by atoms with Crippen LogP contribution in [0.4, 0.5) is 5.69 Å². The number of hydrogen-bond donors (Lipinski definition) is 1. The zero-order valence-electron chi connectivity index (χ0n) is 13.8. The molecule has 2 rings (SSSR count). The number of hydrogen-bond acceptors (Lipinski definition) is 4. The number of anilines is 1. The maximum atomic E-state index is 12.7. The lowest BCUT2D eigenvalue weighted by atomic mass is 10.1. The quantitative estimate of drug-likeness (QED) is 0.824. The van der Waals surface area contributed by atoms with E-state index in [2.05, 4.69) is 11.8 Å². The molecule has 0 aliphatic carbocycles. The van der Waals surface area contributed by atoms with Crippen LogP contribution in [0.5, 0.6) is 5.75 Å². The number of unbranched alkanes of at least 4 members (excludes halogenated alkanes) is 1. The molecule has 1 atom stereocenters. The molecule has 23 heavy (non-hydrogen) atoms. The third kappa shape index (κ3) is 4.22. The lowest BCUT2D eigenvalue weighted by Gasteiger charge is -2.34. The Hall–Kier alpha value is -2.08. The van der Waals surface area contributed by atoms with E-state index in [9.17, 15) is 9.59 Å². The number of nitrogens with zero attached hydrogens (tertiary/aromatic N) is 2. The smallest absolute Gasteiger partial charge is 0.260 e. The minimum Gasteiger partial charge on any atom is -0.477 e. The standard InChI is InChI=1S/C17H25N3O3/c1-3-5-10-19(4-2)12-16(21)20-11-15(17(18)22)23-14-9-7-6-8-13(14)20/h6-9,15H,3-5,10-12H2,1-2H3,(H2,18,22). The number of para-hydroxylation sites is 2. The van der Waals surface area contributed by atoms with E-state index >= 15 is 0 Å². The first-order valence-electron chi connectivity index (χ1n) is 8.14. The molecule has 6 heteroatoms. The first kappa shape index (κ1) is 17.3. The van der Waals surface area contributed by atoms with Gasteiger partial charge in [0.2, 0.25) is 5.91 Å². The van der Waals surface area contributed by atoms with Crippen molar-refractivity contribution < 1.29 is 14.3 Å². The molecule has 0 aromatic heterocycles. The molecule has 1 aromatic rings. The van der Waals surface area contributed by atoms with Gasteiger partial charge in [-0.3, -0.25) is 14.5 Å². The van der Waals surface area contributed by atoms with Gasteiger partial charge in [0.1, 0.15) is 5.75 Å². The Kier molecular flexibility index (Phi) is 5.98. The summed E-state index contributed by atoms with van der Waals surface area (Å²) in [5.41, 5.74) is 6.06. The molecule has 2 amide bonds. The molecule has 1 aliphatic heterocycles. The summed E-state index contributed by atoms with van der Waals surface area (Å²) < 4.78 is 5.59. The maximum absolute atomic E-state index is 12.7. The van der Waals surface area contributed by atoms with E-state index in [0.717, 1.165) is 25.9 Å². The van der Waals surface area contributed by atoms with Crippen LogP contribution in [0.15, 0.2) is 24.3 Å². The lowest BCUT2D eigenvalue weighted by Crippen LogP contribution is -2.51. The van der Waals surface area contributed by atoms with Gasteiger partial charge in [-0.15, -0.1) is 0 Å². The Balaban J connectivity index is 2.16. The molecule has 1 aliphatic rings. The van der Waals surface area contributed by atoms with Crippen molar-refractivity contribution in [2.24, 2.45) is 5.73 Å². The molecule has 0 saturated heterocycles. The zero-order valence-corrected chi connectivity index (χ0v) is 13.8. The second-order valence-electron chi connectivity index (χ2n) is 5.70. The highest BCUT2D eigenvalue weighted by atomic mass is 16.5. The van der Waals surface area contributed by atoms with E-state index in [1.54, 1.807) is 11.0 Å². The van der Waals surface area contributed by atoms with Crippen LogP contribution in [0.2, 0.25) is 0 Å². The summed E-state index contributed by atoms with van der Waals surface area (Å²) in [4.78, 5) is 28.0. The van der Waals surface area contributed by atoms with Gasteiger partial charge in [0.05, 0.1) is 18.8 Å². The van der Waals surface area contributed by atoms with Crippen LogP contribution >= 0.6 is 0 Å². The highest BCUT2D eigenvalue weighted by Gasteiger charge is 2.32. The van der Waals surface area contributed by atoms with Gasteiger partial charge in [-0.2, -0.15) is 0 Å². The van der Waals surface area contributed by atoms with Crippen molar-refractivity contribution in [3.05, 3.63) is 24.3 Å². The monoisotopic (exact) mass is 319 g/mol. The topological polar surface area (TPSA) is 75.9 Å². The number of likely N-dealkylation sites (N-methyl/N-ethyl adjacent to an activating group) is 1. The van der Waals surface area contributed by atoms with E-state index in [0.29, 0.717) is 18.0 Å². The van der Waals surface area contributed by atoms with E-state index in [1.165, 1.54) is 0 Å². The van der Waals surface area contributed by atoms with Crippen molar-refractivity contribution in [1.82, 2.24) is 4.90 Å². The van der Waals surface area contributed by atoms with Crippen LogP contribution in [0.3, 0.4) is 0 Å². The number of benzene rings is 1. The fourth-order valence-electron chi connectivity index (χ4n) is 2.63. The van der Waals surface area contributed by atoms with Crippen molar-refractivity contribution in [2.45, 2.75) is 32.8 Å². The van der Waals surface area contributed by atoms with E-state index < -0.39 is 12.0 Å². The number of nitrogens with two attached hydrogens (primary N) is 1. The largest absolute Gasteiger partial charge is 0.477 e. The van der Waals surface area contributed by atoms with E-state index in [1.807, 2.05) is 25.1 Å². The van der Waals surface area contributed by atoms with Crippen LogP contribution in [-0.4, -0.2) is 49.0 Å². The van der Waals surface area contributed by atoms with Crippen LogP contribution in [-0.2, 0) is 9.59 Å². The minimum absolute atomic E-state index is 0.0371. The van der Waals surface area contributed by atoms with Gasteiger partial charge in [0, 0.05) is 0 Å². The SMILES string of the molecule is CCCCN(CC)CC(=O)N1CC(C(N)=O)Oc2ccccc21. The van der Waals surface area contributed by atoms with Crippen LogP contribution in [0.25, 0.3) is 0 Å². The third-order valence-corrected chi connectivity index (χ3v) is 4.03. The summed E-state index contributed by atoms with van der Waals surface area (Å²) in [5.74, 6) is -0.0758. The predicted octanol–water partition coefficient (Wildman–Crippen LogP) is 1.39. The summed E-state index contributed by atoms with van der Waals surface area (Å²) in [6, 6.07) is 7.23. The summed E-state index contributed by atoms with van der Waals surface area (Å²) in [6.45, 7) is 6.38. The molecule has 126 valence electrons. The lowest BCUT2D eigenvalue weighted by molar-refractivity contribution is -0.125. The zero-order chi connectivity index (χ0) is 16.8. The molecule has 0 radical (unpaired) electrons. The number of carbonyl (C=O) groups is 2. The summed E-state index contributed by atoms with van der Waals surface area (Å²) in [7, 11) is 0. The molecular formula is C17H25N3O3. The van der Waals surface area contributed by atoms with Crippen LogP contribution in [0.1, 0.15) is 26.7 Å². The molecule has 1 aromatic carbocycles. The Bertz CT molecular complexity index is 562. The average Bonchev–Trinajstić information content (AvgIpc) is 2.57. The van der Waals surface area contributed by atoms with Crippen molar-refractivity contribution in [1.29, 1.82) is 0 Å². The molecule has 0 spiro atoms. The van der Waals surface area contributed by atoms with E-state index in [4.69, 9.17) is 10.5 Å². The maximum Gasteiger partial charge on any atom is 0.260 e. The Labute approximate surface area is 137 Å². The van der Waals surface area contributed by atoms with Crippen LogP contribution in [0, 0.1) is 0 Å². The summed E-state index contributed by atoms with van der Waals surface area (Å²) >= 11 is 0. The van der Waals surface area contributed by atoms with E-state index in [-0.39, 0.29) is 12.5 Å². The molecule has 2 N–H and O–H groups in total. The molecule has 6 nitrogen and oxygen atoms in total. The second-order valence-corrected chi connectivity index (χ2v) is 5.70. The van der Waals surface area contributed by atoms with Crippen molar-refractivity contribution in [3.8, 4) is 5.75 Å². The number of fused-ring (bicyclic) bond motifs is 1. The van der Waals surface area contributed by atoms with Gasteiger partial charge in [-0.05, 0) is 31.6 Å². The van der Waals surface area contributed by atoms with Crippen molar-refractivity contribution >= 4 is 17.5 Å². The Morgan fingerprint density at radius 3 is 2.74 bits per heavy atom. The normalized spacial score (nSPS) is 16.8. The summed E-state index contributed by atoms with van der Waals surface area (Å²) in [5, 5.41) is 0. The number of rotatable bonds is 7. The number of ether oxygens (including phenoxy) is 1. The Morgan fingerprint density at radius 2 is 2.09 bits per heavy atom. The molecular weight excluding hydrogens is 294 g/mol. The molecule has 0 saturated carbocycles. The molecule has 1 unspecified atom stereocenters. The minimum atomic E-state index is -0.806. The van der Waals surface area contributed by atoms with Crippen molar-refractivity contribution in [3.63, 3.8) is 0 Å². The van der Waals surface area contributed by atoms with Gasteiger partial charge in [-0.1, -0.05) is 32.4 Å². The number of primary amides is 1. The fourth-order valence-corrected chi connectivity index (χ4v) is 2.63. The molecule has 0 fully saturated rings. The fraction of sp³-hybridized carbons (Fsp3) is 0.529. The van der Waals surface area contributed by atoms with Gasteiger partial charge >= 0.3 is 0 Å². The number of carbonyl (C=O) groups excluding carboxylic acids is 2. The first-order chi connectivity index (χ1) is 11.1. The molecule has 0 bridgehead atoms.